The molecule has 1 spiro atoms. The Hall–Kier alpha value is -7.52. The first-order chi connectivity index (χ1) is 31.5. The van der Waals surface area contributed by atoms with E-state index in [1.807, 2.05) is 11.3 Å². The predicted octanol–water partition coefficient (Wildman–Crippen LogP) is 17.0. The van der Waals surface area contributed by atoms with Crippen molar-refractivity contribution in [3.05, 3.63) is 246 Å². The molecular weight excluding hydrogens is 791 g/mol. The summed E-state index contributed by atoms with van der Waals surface area (Å²) >= 11 is 1.93. The SMILES string of the molecule is CC1(C)c2ccccc2-c2ccc(N(c3ccc4c(c3)C3(c5ccccc5-c5ccccc53)c3ccccc3-4)c3cc4ccccc4c4c3sc3c(-c5ccccc5)cccc34)cc21. The lowest BCUT2D eigenvalue weighted by Gasteiger charge is -2.33. The van der Waals surface area contributed by atoms with Gasteiger partial charge in [-0.2, -0.15) is 0 Å². The van der Waals surface area contributed by atoms with Gasteiger partial charge < -0.3 is 4.90 Å². The summed E-state index contributed by atoms with van der Waals surface area (Å²) in [6.45, 7) is 4.78. The Bertz CT molecular complexity index is 3710. The van der Waals surface area contributed by atoms with E-state index < -0.39 is 5.41 Å². The van der Waals surface area contributed by atoms with Crippen LogP contribution in [0.1, 0.15) is 47.2 Å². The van der Waals surface area contributed by atoms with Crippen molar-refractivity contribution in [1.29, 1.82) is 0 Å². The molecule has 0 radical (unpaired) electrons. The lowest BCUT2D eigenvalue weighted by Crippen LogP contribution is -2.26. The van der Waals surface area contributed by atoms with Crippen molar-refractivity contribution < 1.29 is 0 Å². The van der Waals surface area contributed by atoms with Crippen LogP contribution >= 0.6 is 11.3 Å². The zero-order chi connectivity index (χ0) is 42.3. The number of rotatable bonds is 4. The van der Waals surface area contributed by atoms with Gasteiger partial charge in [-0.05, 0) is 119 Å². The minimum atomic E-state index is -0.455. The molecular formula is C62H41NS. The molecule has 3 aliphatic rings. The Morgan fingerprint density at radius 1 is 0.359 bits per heavy atom. The third kappa shape index (κ3) is 4.63. The van der Waals surface area contributed by atoms with Crippen LogP contribution in [0.3, 0.4) is 0 Å². The topological polar surface area (TPSA) is 3.24 Å². The van der Waals surface area contributed by atoms with Crippen molar-refractivity contribution in [1.82, 2.24) is 0 Å². The minimum absolute atomic E-state index is 0.157. The number of nitrogens with zero attached hydrogens (tertiary/aromatic N) is 1. The third-order valence-electron chi connectivity index (χ3n) is 14.9. The fourth-order valence-electron chi connectivity index (χ4n) is 12.1. The van der Waals surface area contributed by atoms with Crippen LogP contribution in [0, 0.1) is 0 Å². The maximum Gasteiger partial charge on any atom is 0.0726 e. The van der Waals surface area contributed by atoms with Gasteiger partial charge in [0.05, 0.1) is 15.8 Å². The van der Waals surface area contributed by atoms with E-state index >= 15 is 0 Å². The van der Waals surface area contributed by atoms with Crippen LogP contribution in [-0.4, -0.2) is 0 Å². The first-order valence-corrected chi connectivity index (χ1v) is 23.2. The Kier molecular flexibility index (Phi) is 7.32. The molecule has 0 fully saturated rings. The van der Waals surface area contributed by atoms with Gasteiger partial charge in [0, 0.05) is 32.3 Å². The second-order valence-corrected chi connectivity index (χ2v) is 19.3. The molecule has 0 amide bonds. The summed E-state index contributed by atoms with van der Waals surface area (Å²) < 4.78 is 2.60. The van der Waals surface area contributed by atoms with Crippen LogP contribution in [0.5, 0.6) is 0 Å². The van der Waals surface area contributed by atoms with E-state index in [2.05, 4.69) is 231 Å². The van der Waals surface area contributed by atoms with Crippen molar-refractivity contribution in [2.75, 3.05) is 4.90 Å². The molecule has 1 heterocycles. The molecule has 10 aromatic carbocycles. The lowest BCUT2D eigenvalue weighted by molar-refractivity contribution is 0.660. The minimum Gasteiger partial charge on any atom is -0.309 e. The molecule has 11 aromatic rings. The van der Waals surface area contributed by atoms with Gasteiger partial charge in [-0.3, -0.25) is 0 Å². The molecule has 3 aliphatic carbocycles. The van der Waals surface area contributed by atoms with E-state index in [4.69, 9.17) is 0 Å². The Labute approximate surface area is 377 Å². The van der Waals surface area contributed by atoms with E-state index in [0.717, 1.165) is 11.4 Å². The van der Waals surface area contributed by atoms with Crippen molar-refractivity contribution in [3.63, 3.8) is 0 Å². The van der Waals surface area contributed by atoms with Crippen LogP contribution in [0.4, 0.5) is 17.1 Å². The van der Waals surface area contributed by atoms with Crippen LogP contribution in [-0.2, 0) is 10.8 Å². The van der Waals surface area contributed by atoms with Crippen molar-refractivity contribution in [2.24, 2.45) is 0 Å². The quantitative estimate of drug-likeness (QED) is 0.171. The summed E-state index contributed by atoms with van der Waals surface area (Å²) in [6, 6.07) is 80.2. The van der Waals surface area contributed by atoms with E-state index in [-0.39, 0.29) is 5.41 Å². The summed E-state index contributed by atoms with van der Waals surface area (Å²) in [4.78, 5) is 2.59. The number of hydrogen-bond acceptors (Lipinski definition) is 2. The second kappa shape index (κ2) is 13.0. The largest absolute Gasteiger partial charge is 0.309 e. The molecule has 64 heavy (non-hydrogen) atoms. The van der Waals surface area contributed by atoms with Gasteiger partial charge in [-0.1, -0.05) is 196 Å². The zero-order valence-electron chi connectivity index (χ0n) is 35.6. The predicted molar refractivity (Wildman–Crippen MR) is 271 cm³/mol. The molecule has 0 aliphatic heterocycles. The summed E-state index contributed by atoms with van der Waals surface area (Å²) in [5, 5.41) is 5.13. The monoisotopic (exact) mass is 831 g/mol. The van der Waals surface area contributed by atoms with E-state index in [9.17, 15) is 0 Å². The molecule has 0 unspecified atom stereocenters. The number of anilines is 3. The van der Waals surface area contributed by atoms with Crippen LogP contribution in [0.25, 0.3) is 75.5 Å². The lowest BCUT2D eigenvalue weighted by atomic mass is 9.70. The highest BCUT2D eigenvalue weighted by molar-refractivity contribution is 7.27. The molecule has 0 bridgehead atoms. The van der Waals surface area contributed by atoms with Gasteiger partial charge in [0.15, 0.2) is 0 Å². The molecule has 0 N–H and O–H groups in total. The van der Waals surface area contributed by atoms with Crippen LogP contribution in [0.15, 0.2) is 212 Å². The standard InChI is InChI=1S/C62H41NS/c1-61(2)51-27-12-8-21-44(51)48-33-31-40(36-55(48)61)63(57-35-39-19-6-7-20-42(39)58-50-26-16-25-43(59(50)64-60(57)58)38-17-4-3-5-18-38)41-32-34-49-47-24-11-15-30-54(47)62(56(49)37-41)52-28-13-9-22-45(52)46-23-10-14-29-53(46)62/h3-37H,1-2H3. The molecule has 14 rings (SSSR count). The van der Waals surface area contributed by atoms with Crippen LogP contribution in [0.2, 0.25) is 0 Å². The zero-order valence-corrected chi connectivity index (χ0v) is 36.4. The Morgan fingerprint density at radius 2 is 0.844 bits per heavy atom. The summed E-state index contributed by atoms with van der Waals surface area (Å²) in [6.07, 6.45) is 0. The molecule has 1 aromatic heterocycles. The molecule has 1 nitrogen and oxygen atoms in total. The van der Waals surface area contributed by atoms with E-state index in [0.29, 0.717) is 0 Å². The number of benzene rings is 10. The Morgan fingerprint density at radius 3 is 1.50 bits per heavy atom. The van der Waals surface area contributed by atoms with Crippen molar-refractivity contribution in [3.8, 4) is 44.5 Å². The highest BCUT2D eigenvalue weighted by Crippen LogP contribution is 2.64. The fourth-order valence-corrected chi connectivity index (χ4v) is 13.5. The molecule has 0 saturated heterocycles. The molecule has 300 valence electrons. The molecule has 0 atom stereocenters. The highest BCUT2D eigenvalue weighted by atomic mass is 32.1. The first kappa shape index (κ1) is 36.0. The van der Waals surface area contributed by atoms with Crippen molar-refractivity contribution in [2.45, 2.75) is 24.7 Å². The maximum atomic E-state index is 2.59. The van der Waals surface area contributed by atoms with Gasteiger partial charge in [0.2, 0.25) is 0 Å². The number of fused-ring (bicyclic) bond motifs is 18. The van der Waals surface area contributed by atoms with E-state index in [1.165, 1.54) is 115 Å². The summed E-state index contributed by atoms with van der Waals surface area (Å²) in [7, 11) is 0. The summed E-state index contributed by atoms with van der Waals surface area (Å²) in [5.74, 6) is 0. The fraction of sp³-hybridized carbons (Fsp3) is 0.0645. The summed E-state index contributed by atoms with van der Waals surface area (Å²) in [5.41, 5.74) is 21.5. The second-order valence-electron chi connectivity index (χ2n) is 18.3. The van der Waals surface area contributed by atoms with Gasteiger partial charge in [-0.25, -0.2) is 0 Å². The molecule has 2 heteroatoms. The molecule has 0 saturated carbocycles. The average Bonchev–Trinajstić information content (AvgIpc) is 4.05. The van der Waals surface area contributed by atoms with Crippen LogP contribution < -0.4 is 4.90 Å². The number of thiophene rings is 1. The average molecular weight is 832 g/mol. The van der Waals surface area contributed by atoms with Gasteiger partial charge in [0.25, 0.3) is 0 Å². The van der Waals surface area contributed by atoms with Gasteiger partial charge in [-0.15, -0.1) is 11.3 Å². The van der Waals surface area contributed by atoms with Gasteiger partial charge in [0.1, 0.15) is 0 Å². The number of hydrogen-bond donors (Lipinski definition) is 0. The maximum absolute atomic E-state index is 2.59. The Balaban J connectivity index is 1.09. The first-order valence-electron chi connectivity index (χ1n) is 22.4. The smallest absolute Gasteiger partial charge is 0.0726 e. The normalized spacial score (nSPS) is 14.3. The third-order valence-corrected chi connectivity index (χ3v) is 16.1. The highest BCUT2D eigenvalue weighted by Gasteiger charge is 2.51. The van der Waals surface area contributed by atoms with Gasteiger partial charge >= 0.3 is 0 Å². The van der Waals surface area contributed by atoms with Crippen molar-refractivity contribution >= 4 is 59.3 Å². The van der Waals surface area contributed by atoms with E-state index in [1.54, 1.807) is 0 Å².